The van der Waals surface area contributed by atoms with Crippen LogP contribution in [0.1, 0.15) is 10.4 Å². The van der Waals surface area contributed by atoms with Crippen molar-refractivity contribution in [3.05, 3.63) is 42.1 Å². The third-order valence-electron chi connectivity index (χ3n) is 3.67. The third kappa shape index (κ3) is 6.65. The highest BCUT2D eigenvalue weighted by atomic mass is 19.4. The molecule has 2 heterocycles. The van der Waals surface area contributed by atoms with Crippen molar-refractivity contribution < 1.29 is 50.3 Å². The zero-order chi connectivity index (χ0) is 25.0. The summed E-state index contributed by atoms with van der Waals surface area (Å²) in [6, 6.07) is 8.20. The van der Waals surface area contributed by atoms with E-state index in [9.17, 15) is 45.5 Å². The highest BCUT2D eigenvalue weighted by molar-refractivity contribution is 6.41. The molecule has 1 aliphatic rings. The van der Waals surface area contributed by atoms with Crippen LogP contribution >= 0.6 is 0 Å². The second-order valence-electron chi connectivity index (χ2n) is 6.09. The first-order valence-electron chi connectivity index (χ1n) is 8.51. The van der Waals surface area contributed by atoms with E-state index in [1.807, 2.05) is 0 Å². The number of ketones is 2. The van der Waals surface area contributed by atoms with Crippen LogP contribution in [0, 0.1) is 0 Å². The number of fused-ring (bicyclic) bond motifs is 1. The Bertz CT molecular complexity index is 1080. The number of nitrogen functional groups attached to an aromatic ring is 1. The van der Waals surface area contributed by atoms with Crippen LogP contribution in [0.2, 0.25) is 0 Å². The van der Waals surface area contributed by atoms with Gasteiger partial charge in [-0.25, -0.2) is 4.98 Å². The minimum atomic E-state index is -5.77. The molecule has 33 heavy (non-hydrogen) atoms. The second kappa shape index (κ2) is 9.54. The maximum Gasteiger partial charge on any atom is 0.458 e. The molecule has 0 saturated carbocycles. The van der Waals surface area contributed by atoms with Crippen molar-refractivity contribution in [3.63, 3.8) is 0 Å². The number of ether oxygens (including phenoxy) is 1. The lowest BCUT2D eigenvalue weighted by Gasteiger charge is -2.18. The van der Waals surface area contributed by atoms with Gasteiger partial charge in [-0.3, -0.25) is 19.2 Å². The summed E-state index contributed by atoms with van der Waals surface area (Å²) in [7, 11) is 0. The van der Waals surface area contributed by atoms with Crippen LogP contribution in [0.3, 0.4) is 0 Å². The Balaban J connectivity index is 0.000000277. The zero-order valence-electron chi connectivity index (χ0n) is 16.0. The van der Waals surface area contributed by atoms with Gasteiger partial charge >= 0.3 is 23.9 Å². The molecule has 2 aromatic rings. The predicted octanol–water partition coefficient (Wildman–Crippen LogP) is 2.50. The molecule has 0 aliphatic carbocycles. The van der Waals surface area contributed by atoms with Gasteiger partial charge in [0, 0.05) is 11.9 Å². The molecule has 3 rings (SSSR count). The number of nitrogens with two attached hydrogens (primary N) is 1. The predicted molar refractivity (Wildman–Crippen MR) is 99.3 cm³/mol. The number of rotatable bonds is 3. The van der Waals surface area contributed by atoms with Crippen LogP contribution < -0.4 is 21.1 Å². The van der Waals surface area contributed by atoms with Crippen LogP contribution in [-0.4, -0.2) is 47.3 Å². The molecule has 4 N–H and O–H groups in total. The zero-order valence-corrected chi connectivity index (χ0v) is 16.0. The van der Waals surface area contributed by atoms with Crippen LogP contribution in [0.25, 0.3) is 0 Å². The van der Waals surface area contributed by atoms with Crippen LogP contribution in [-0.2, 0) is 14.4 Å². The van der Waals surface area contributed by atoms with Crippen LogP contribution in [0.15, 0.2) is 36.5 Å². The Morgan fingerprint density at radius 3 is 2.18 bits per heavy atom. The van der Waals surface area contributed by atoms with Gasteiger partial charge in [0.1, 0.15) is 11.6 Å². The van der Waals surface area contributed by atoms with Crippen molar-refractivity contribution in [2.75, 3.05) is 23.0 Å². The van der Waals surface area contributed by atoms with Crippen molar-refractivity contribution in [3.8, 4) is 5.75 Å². The van der Waals surface area contributed by atoms with E-state index in [0.717, 1.165) is 0 Å². The molecular formula is C18H12F6N4O5. The number of amides is 2. The lowest BCUT2D eigenvalue weighted by Crippen LogP contribution is -2.39. The molecule has 9 nitrogen and oxygen atoms in total. The van der Waals surface area contributed by atoms with E-state index in [-0.39, 0.29) is 29.8 Å². The van der Waals surface area contributed by atoms with Gasteiger partial charge in [-0.2, -0.15) is 26.3 Å². The summed E-state index contributed by atoms with van der Waals surface area (Å²) in [6.45, 7) is -0.00900. The molecule has 0 saturated heterocycles. The SMILES string of the molecule is Nc1ncccc1C(=O)Nc1ccc2c(c1)NC(=O)CO2.O=C(C(=O)C(F)(F)F)C(F)(F)F. The lowest BCUT2D eigenvalue weighted by molar-refractivity contribution is -0.193. The van der Waals surface area contributed by atoms with Crippen LogP contribution in [0.5, 0.6) is 5.75 Å². The molecule has 0 bridgehead atoms. The van der Waals surface area contributed by atoms with E-state index in [1.54, 1.807) is 30.3 Å². The number of Topliss-reactive ketones (excluding diaryl/α,β-unsaturated/α-hetero) is 2. The summed E-state index contributed by atoms with van der Waals surface area (Å²) < 4.78 is 72.2. The topological polar surface area (TPSA) is 140 Å². The van der Waals surface area contributed by atoms with E-state index in [1.165, 1.54) is 6.20 Å². The van der Waals surface area contributed by atoms with Gasteiger partial charge in [0.15, 0.2) is 6.61 Å². The number of alkyl halides is 6. The molecule has 0 spiro atoms. The summed E-state index contributed by atoms with van der Waals surface area (Å²) in [5, 5.41) is 5.37. The minimum absolute atomic E-state index is 0.00900. The number of nitrogens with one attached hydrogen (secondary N) is 2. The summed E-state index contributed by atoms with van der Waals surface area (Å²) in [5.41, 5.74) is 6.98. The standard InChI is InChI=1S/C14H12N4O3.C4F6O2/c15-13-9(2-1-5-16-13)14(20)17-8-3-4-11-10(6-8)18-12(19)7-21-11;5-3(6,7)1(11)2(12)4(8,9)10/h1-6H,7H2,(H2,15,16)(H,17,20)(H,18,19);. The summed E-state index contributed by atoms with van der Waals surface area (Å²) in [6.07, 6.45) is -10.0. The van der Waals surface area contributed by atoms with Crippen molar-refractivity contribution in [1.82, 2.24) is 4.98 Å². The van der Waals surface area contributed by atoms with Gasteiger partial charge in [0.2, 0.25) is 0 Å². The number of benzene rings is 1. The molecular weight excluding hydrogens is 466 g/mol. The Hall–Kier alpha value is -4.17. The van der Waals surface area contributed by atoms with Gasteiger partial charge in [0.25, 0.3) is 11.8 Å². The maximum atomic E-state index is 12.1. The molecule has 0 radical (unpaired) electrons. The number of aromatic nitrogens is 1. The minimum Gasteiger partial charge on any atom is -0.482 e. The van der Waals surface area contributed by atoms with E-state index < -0.39 is 23.9 Å². The average molecular weight is 478 g/mol. The fourth-order valence-corrected chi connectivity index (χ4v) is 2.23. The monoisotopic (exact) mass is 478 g/mol. The Labute approximate surface area is 179 Å². The fraction of sp³-hybridized carbons (Fsp3) is 0.167. The Morgan fingerprint density at radius 1 is 1.03 bits per heavy atom. The summed E-state index contributed by atoms with van der Waals surface area (Å²) >= 11 is 0. The summed E-state index contributed by atoms with van der Waals surface area (Å²) in [5.74, 6) is -6.70. The largest absolute Gasteiger partial charge is 0.482 e. The van der Waals surface area contributed by atoms with Crippen molar-refractivity contribution in [2.24, 2.45) is 0 Å². The number of carbonyl (C=O) groups is 4. The lowest BCUT2D eigenvalue weighted by atomic mass is 10.2. The number of pyridine rings is 1. The number of hydrogen-bond acceptors (Lipinski definition) is 7. The normalized spacial score (nSPS) is 12.8. The number of nitrogens with zero attached hydrogens (tertiary/aromatic N) is 1. The average Bonchev–Trinajstić information content (AvgIpc) is 2.71. The van der Waals surface area contributed by atoms with Crippen molar-refractivity contribution in [1.29, 1.82) is 0 Å². The molecule has 2 amide bonds. The Morgan fingerprint density at radius 2 is 1.64 bits per heavy atom. The number of anilines is 3. The fourth-order valence-electron chi connectivity index (χ4n) is 2.23. The summed E-state index contributed by atoms with van der Waals surface area (Å²) in [4.78, 5) is 46.5. The number of halogens is 6. The quantitative estimate of drug-likeness (QED) is 0.455. The third-order valence-corrected chi connectivity index (χ3v) is 3.67. The molecule has 1 aromatic carbocycles. The molecule has 176 valence electrons. The highest BCUT2D eigenvalue weighted by Crippen LogP contribution is 2.30. The first kappa shape index (κ1) is 25.1. The van der Waals surface area contributed by atoms with Crippen LogP contribution in [0.4, 0.5) is 43.5 Å². The molecule has 1 aromatic heterocycles. The first-order chi connectivity index (χ1) is 15.2. The van der Waals surface area contributed by atoms with E-state index in [4.69, 9.17) is 10.5 Å². The van der Waals surface area contributed by atoms with Gasteiger partial charge in [-0.1, -0.05) is 0 Å². The molecule has 0 unspecified atom stereocenters. The molecule has 0 fully saturated rings. The first-order valence-corrected chi connectivity index (χ1v) is 8.51. The van der Waals surface area contributed by atoms with Gasteiger partial charge < -0.3 is 21.1 Å². The number of hydrogen-bond donors (Lipinski definition) is 3. The Kier molecular flexibility index (Phi) is 7.25. The number of carbonyl (C=O) groups excluding carboxylic acids is 4. The van der Waals surface area contributed by atoms with Gasteiger partial charge in [0.05, 0.1) is 11.3 Å². The van der Waals surface area contributed by atoms with Gasteiger partial charge in [-0.05, 0) is 30.3 Å². The molecule has 0 atom stereocenters. The van der Waals surface area contributed by atoms with Crippen molar-refractivity contribution >= 4 is 40.6 Å². The van der Waals surface area contributed by atoms with E-state index in [2.05, 4.69) is 15.6 Å². The van der Waals surface area contributed by atoms with Crippen molar-refractivity contribution in [2.45, 2.75) is 12.4 Å². The van der Waals surface area contributed by atoms with E-state index in [0.29, 0.717) is 17.1 Å². The molecule has 15 heteroatoms. The highest BCUT2D eigenvalue weighted by Gasteiger charge is 2.54. The second-order valence-corrected chi connectivity index (χ2v) is 6.09. The van der Waals surface area contributed by atoms with E-state index >= 15 is 0 Å². The molecule has 1 aliphatic heterocycles. The maximum absolute atomic E-state index is 12.1. The van der Waals surface area contributed by atoms with Gasteiger partial charge in [-0.15, -0.1) is 0 Å². The smallest absolute Gasteiger partial charge is 0.458 e.